The highest BCUT2D eigenvalue weighted by Gasteiger charge is 2.42. The van der Waals surface area contributed by atoms with Gasteiger partial charge in [-0.1, -0.05) is 31.2 Å². The van der Waals surface area contributed by atoms with Crippen LogP contribution in [0.1, 0.15) is 30.4 Å². The number of aryl methyl sites for hydroxylation is 1. The molecule has 2 aliphatic heterocycles. The monoisotopic (exact) mass is 349 g/mol. The Morgan fingerprint density at radius 2 is 1.77 bits per heavy atom. The molecule has 1 amide bonds. The number of nitrogens with zero attached hydrogens (tertiary/aromatic N) is 1. The van der Waals surface area contributed by atoms with Gasteiger partial charge in [0.05, 0.1) is 11.3 Å². The first-order valence-corrected chi connectivity index (χ1v) is 8.69. The zero-order valence-corrected chi connectivity index (χ0v) is 14.4. The largest absolute Gasteiger partial charge is 0.508 e. The van der Waals surface area contributed by atoms with Gasteiger partial charge < -0.3 is 9.84 Å². The fourth-order valence-electron chi connectivity index (χ4n) is 3.63. The van der Waals surface area contributed by atoms with Crippen molar-refractivity contribution >= 4 is 17.6 Å². The van der Waals surface area contributed by atoms with Gasteiger partial charge in [-0.05, 0) is 41.8 Å². The number of aromatic hydroxyl groups is 1. The number of anilines is 1. The van der Waals surface area contributed by atoms with Gasteiger partial charge in [0.25, 0.3) is 0 Å². The number of esters is 1. The number of amides is 1. The molecule has 0 unspecified atom stereocenters. The molecule has 4 rings (SSSR count). The first-order chi connectivity index (χ1) is 12.6. The van der Waals surface area contributed by atoms with Crippen LogP contribution in [-0.4, -0.2) is 23.6 Å². The Morgan fingerprint density at radius 1 is 1.08 bits per heavy atom. The number of benzene rings is 2. The van der Waals surface area contributed by atoms with Crippen LogP contribution in [0.3, 0.4) is 0 Å². The highest BCUT2D eigenvalue weighted by molar-refractivity contribution is 6.06. The molecule has 2 aromatic rings. The van der Waals surface area contributed by atoms with Crippen molar-refractivity contribution in [1.82, 2.24) is 0 Å². The number of hydrogen-bond acceptors (Lipinski definition) is 4. The molecular formula is C21H19NO4. The van der Waals surface area contributed by atoms with E-state index in [-0.39, 0.29) is 36.6 Å². The Kier molecular flexibility index (Phi) is 3.99. The minimum absolute atomic E-state index is 0.0654. The summed E-state index contributed by atoms with van der Waals surface area (Å²) in [6, 6.07) is 14.4. The second-order valence-electron chi connectivity index (χ2n) is 6.53. The molecular weight excluding hydrogens is 330 g/mol. The van der Waals surface area contributed by atoms with E-state index in [4.69, 9.17) is 4.74 Å². The van der Waals surface area contributed by atoms with Crippen LogP contribution < -0.4 is 4.90 Å². The fraction of sp³-hybridized carbons (Fsp3) is 0.238. The normalized spacial score (nSPS) is 19.6. The predicted molar refractivity (Wildman–Crippen MR) is 96.8 cm³/mol. The van der Waals surface area contributed by atoms with Crippen molar-refractivity contribution < 1.29 is 19.4 Å². The lowest BCUT2D eigenvalue weighted by atomic mass is 9.84. The van der Waals surface area contributed by atoms with Gasteiger partial charge in [0.1, 0.15) is 12.4 Å². The SMILES string of the molecule is CCc1ccc(N2C(=O)C[C@@H](c3ccc(O)cc3)C3=C2COC3=O)cc1. The van der Waals surface area contributed by atoms with E-state index in [1.54, 1.807) is 29.2 Å². The molecule has 26 heavy (non-hydrogen) atoms. The van der Waals surface area contributed by atoms with Gasteiger partial charge >= 0.3 is 5.97 Å². The number of hydrogen-bond donors (Lipinski definition) is 1. The molecule has 5 nitrogen and oxygen atoms in total. The number of ether oxygens (including phenoxy) is 1. The Labute approximate surface area is 151 Å². The average molecular weight is 349 g/mol. The Bertz CT molecular complexity index is 897. The predicted octanol–water partition coefficient (Wildman–Crippen LogP) is 3.29. The molecule has 1 atom stereocenters. The number of carbonyl (C=O) groups is 2. The van der Waals surface area contributed by atoms with E-state index in [0.29, 0.717) is 11.3 Å². The summed E-state index contributed by atoms with van der Waals surface area (Å²) in [5.74, 6) is -0.638. The van der Waals surface area contributed by atoms with Crippen molar-refractivity contribution in [3.63, 3.8) is 0 Å². The summed E-state index contributed by atoms with van der Waals surface area (Å²) in [4.78, 5) is 26.9. The van der Waals surface area contributed by atoms with Gasteiger partial charge in [-0.3, -0.25) is 9.69 Å². The Hall–Kier alpha value is -3.08. The molecule has 0 aliphatic carbocycles. The third kappa shape index (κ3) is 2.65. The van der Waals surface area contributed by atoms with Gasteiger partial charge in [-0.15, -0.1) is 0 Å². The maximum atomic E-state index is 12.9. The highest BCUT2D eigenvalue weighted by Crippen LogP contribution is 2.42. The molecule has 1 N–H and O–H groups in total. The Balaban J connectivity index is 1.78. The zero-order valence-electron chi connectivity index (χ0n) is 14.4. The molecule has 0 aromatic heterocycles. The molecule has 0 fully saturated rings. The van der Waals surface area contributed by atoms with E-state index in [1.165, 1.54) is 5.56 Å². The van der Waals surface area contributed by atoms with E-state index in [0.717, 1.165) is 17.7 Å². The van der Waals surface area contributed by atoms with Gasteiger partial charge in [-0.2, -0.15) is 0 Å². The number of cyclic esters (lactones) is 1. The maximum Gasteiger partial charge on any atom is 0.336 e. The first-order valence-electron chi connectivity index (χ1n) is 8.69. The van der Waals surface area contributed by atoms with Crippen LogP contribution in [0.15, 0.2) is 59.8 Å². The highest BCUT2D eigenvalue weighted by atomic mass is 16.5. The third-order valence-corrected chi connectivity index (χ3v) is 5.02. The van der Waals surface area contributed by atoms with Crippen molar-refractivity contribution in [3.05, 3.63) is 70.9 Å². The van der Waals surface area contributed by atoms with E-state index in [1.807, 2.05) is 24.3 Å². The molecule has 0 spiro atoms. The van der Waals surface area contributed by atoms with Crippen LogP contribution in [-0.2, 0) is 20.7 Å². The molecule has 0 saturated heterocycles. The van der Waals surface area contributed by atoms with Gasteiger partial charge in [0.15, 0.2) is 0 Å². The van der Waals surface area contributed by atoms with Crippen LogP contribution in [0.25, 0.3) is 0 Å². The molecule has 2 aliphatic rings. The summed E-state index contributed by atoms with van der Waals surface area (Å²) in [5.41, 5.74) is 3.92. The molecule has 2 aromatic carbocycles. The smallest absolute Gasteiger partial charge is 0.336 e. The van der Waals surface area contributed by atoms with Gasteiger partial charge in [-0.25, -0.2) is 4.79 Å². The van der Waals surface area contributed by atoms with Crippen LogP contribution in [0.2, 0.25) is 0 Å². The lowest BCUT2D eigenvalue weighted by Crippen LogP contribution is -2.37. The minimum atomic E-state index is -0.374. The quantitative estimate of drug-likeness (QED) is 0.864. The minimum Gasteiger partial charge on any atom is -0.508 e. The zero-order chi connectivity index (χ0) is 18.3. The van der Waals surface area contributed by atoms with Crippen molar-refractivity contribution in [2.75, 3.05) is 11.5 Å². The maximum absolute atomic E-state index is 12.9. The lowest BCUT2D eigenvalue weighted by Gasteiger charge is -2.32. The second-order valence-corrected chi connectivity index (χ2v) is 6.53. The standard InChI is InChI=1S/C21H19NO4/c1-2-13-3-7-15(8-4-13)22-18-12-26-21(25)20(18)17(11-19(22)24)14-5-9-16(23)10-6-14/h3-10,17,23H,2,11-12H2,1H3/t17-/m0/s1. The number of rotatable bonds is 3. The number of carbonyl (C=O) groups excluding carboxylic acids is 2. The van der Waals surface area contributed by atoms with Crippen LogP contribution in [0.4, 0.5) is 5.69 Å². The molecule has 0 radical (unpaired) electrons. The summed E-state index contributed by atoms with van der Waals surface area (Å²) >= 11 is 0. The van der Waals surface area contributed by atoms with Crippen LogP contribution in [0.5, 0.6) is 5.75 Å². The van der Waals surface area contributed by atoms with E-state index in [9.17, 15) is 14.7 Å². The topological polar surface area (TPSA) is 66.8 Å². The van der Waals surface area contributed by atoms with E-state index in [2.05, 4.69) is 6.92 Å². The van der Waals surface area contributed by atoms with E-state index < -0.39 is 0 Å². The Morgan fingerprint density at radius 3 is 2.42 bits per heavy atom. The van der Waals surface area contributed by atoms with Crippen molar-refractivity contribution in [2.45, 2.75) is 25.7 Å². The van der Waals surface area contributed by atoms with Gasteiger partial charge in [0, 0.05) is 18.0 Å². The molecule has 5 heteroatoms. The fourth-order valence-corrected chi connectivity index (χ4v) is 3.63. The number of phenols is 1. The van der Waals surface area contributed by atoms with Crippen molar-refractivity contribution in [2.24, 2.45) is 0 Å². The van der Waals surface area contributed by atoms with Crippen molar-refractivity contribution in [1.29, 1.82) is 0 Å². The lowest BCUT2D eigenvalue weighted by molar-refractivity contribution is -0.136. The summed E-state index contributed by atoms with van der Waals surface area (Å²) < 4.78 is 5.26. The average Bonchev–Trinajstić information content (AvgIpc) is 3.03. The van der Waals surface area contributed by atoms with Crippen LogP contribution in [0, 0.1) is 0 Å². The van der Waals surface area contributed by atoms with E-state index >= 15 is 0 Å². The molecule has 132 valence electrons. The summed E-state index contributed by atoms with van der Waals surface area (Å²) in [6.07, 6.45) is 1.11. The summed E-state index contributed by atoms with van der Waals surface area (Å²) in [5, 5.41) is 9.50. The summed E-state index contributed by atoms with van der Waals surface area (Å²) in [7, 11) is 0. The molecule has 0 bridgehead atoms. The second kappa shape index (κ2) is 6.33. The van der Waals surface area contributed by atoms with Gasteiger partial charge in [0.2, 0.25) is 5.91 Å². The first kappa shape index (κ1) is 16.4. The van der Waals surface area contributed by atoms with Crippen LogP contribution >= 0.6 is 0 Å². The molecule has 2 heterocycles. The summed E-state index contributed by atoms with van der Waals surface area (Å²) in [6.45, 7) is 2.18. The van der Waals surface area contributed by atoms with Crippen molar-refractivity contribution in [3.8, 4) is 5.75 Å². The molecule has 0 saturated carbocycles. The third-order valence-electron chi connectivity index (χ3n) is 5.02. The number of phenolic OH excluding ortho intramolecular Hbond substituents is 1.